The Balaban J connectivity index is 2.19. The van der Waals surface area contributed by atoms with Gasteiger partial charge in [-0.1, -0.05) is 48.9 Å². The lowest BCUT2D eigenvalue weighted by atomic mass is 10.1. The second-order valence-corrected chi connectivity index (χ2v) is 6.14. The molecule has 0 bridgehead atoms. The third-order valence-corrected chi connectivity index (χ3v) is 4.40. The van der Waals surface area contributed by atoms with Gasteiger partial charge in [-0.25, -0.2) is 4.98 Å². The Bertz CT molecular complexity index is 808. The molecule has 0 amide bonds. The van der Waals surface area contributed by atoms with E-state index in [4.69, 9.17) is 11.6 Å². The smallest absolute Gasteiger partial charge is 0.214 e. The minimum atomic E-state index is 0.326. The summed E-state index contributed by atoms with van der Waals surface area (Å²) < 4.78 is 1.63. The van der Waals surface area contributed by atoms with Crippen molar-refractivity contribution >= 4 is 27.9 Å². The molecule has 0 atom stereocenters. The number of benzene rings is 1. The van der Waals surface area contributed by atoms with Gasteiger partial charge in [0.1, 0.15) is 16.8 Å². The summed E-state index contributed by atoms with van der Waals surface area (Å²) in [6.07, 6.45) is 0. The van der Waals surface area contributed by atoms with Crippen molar-refractivity contribution in [2.75, 3.05) is 0 Å². The van der Waals surface area contributed by atoms with Gasteiger partial charge in [0.05, 0.1) is 0 Å². The van der Waals surface area contributed by atoms with E-state index >= 15 is 0 Å². The molecule has 2 heterocycles. The molecule has 0 saturated carbocycles. The third-order valence-electron chi connectivity index (χ3n) is 2.94. The van der Waals surface area contributed by atoms with E-state index < -0.39 is 0 Å². The first-order valence-corrected chi connectivity index (χ1v) is 7.35. The second-order valence-electron chi connectivity index (χ2n) is 4.72. The van der Waals surface area contributed by atoms with Crippen LogP contribution in [0.25, 0.3) is 16.2 Å². The van der Waals surface area contributed by atoms with Crippen molar-refractivity contribution in [2.24, 2.45) is 0 Å². The van der Waals surface area contributed by atoms with Crippen LogP contribution in [-0.2, 0) is 0 Å². The van der Waals surface area contributed by atoms with Gasteiger partial charge in [-0.15, -0.1) is 0 Å². The minimum Gasteiger partial charge on any atom is -0.216 e. The lowest BCUT2D eigenvalue weighted by Crippen LogP contribution is -1.93. The number of fused-ring (bicyclic) bond motifs is 1. The Morgan fingerprint density at radius 3 is 2.60 bits per heavy atom. The highest BCUT2D eigenvalue weighted by Gasteiger charge is 2.18. The largest absolute Gasteiger partial charge is 0.216 e. The SMILES string of the molecule is CC(C)c1nn2c(C#N)c(-c3ccc(Cl)cc3)nc2s1. The van der Waals surface area contributed by atoms with Crippen molar-refractivity contribution in [1.29, 1.82) is 5.26 Å². The highest BCUT2D eigenvalue weighted by molar-refractivity contribution is 7.16. The molecule has 0 spiro atoms. The van der Waals surface area contributed by atoms with E-state index in [0.717, 1.165) is 15.5 Å². The van der Waals surface area contributed by atoms with Crippen LogP contribution in [0.2, 0.25) is 5.02 Å². The maximum Gasteiger partial charge on any atom is 0.214 e. The molecule has 6 heteroatoms. The summed E-state index contributed by atoms with van der Waals surface area (Å²) in [6, 6.07) is 9.50. The van der Waals surface area contributed by atoms with Gasteiger partial charge in [0.25, 0.3) is 0 Å². The molecule has 0 fully saturated rings. The molecular formula is C14H11ClN4S. The zero-order chi connectivity index (χ0) is 14.3. The van der Waals surface area contributed by atoms with Crippen LogP contribution in [0.4, 0.5) is 0 Å². The average molecular weight is 303 g/mol. The third kappa shape index (κ3) is 2.07. The fourth-order valence-corrected chi connectivity index (χ4v) is 2.93. The molecule has 100 valence electrons. The molecule has 0 unspecified atom stereocenters. The highest BCUT2D eigenvalue weighted by atomic mass is 35.5. The second kappa shape index (κ2) is 4.89. The standard InChI is InChI=1S/C14H11ClN4S/c1-8(2)13-18-19-11(7-16)12(17-14(19)20-13)9-3-5-10(15)6-4-9/h3-6,8H,1-2H3. The van der Waals surface area contributed by atoms with Crippen molar-refractivity contribution in [3.63, 3.8) is 0 Å². The number of hydrogen-bond donors (Lipinski definition) is 0. The Hall–Kier alpha value is -1.90. The molecule has 0 saturated heterocycles. The molecule has 0 aliphatic heterocycles. The van der Waals surface area contributed by atoms with Gasteiger partial charge in [-0.05, 0) is 12.1 Å². The van der Waals surface area contributed by atoms with Crippen molar-refractivity contribution in [1.82, 2.24) is 14.6 Å². The van der Waals surface area contributed by atoms with E-state index in [2.05, 4.69) is 30.0 Å². The Morgan fingerprint density at radius 2 is 2.00 bits per heavy atom. The summed E-state index contributed by atoms with van der Waals surface area (Å²) in [5.74, 6) is 0.326. The van der Waals surface area contributed by atoms with E-state index in [1.807, 2.05) is 12.1 Å². The number of nitriles is 1. The molecule has 0 aliphatic rings. The summed E-state index contributed by atoms with van der Waals surface area (Å²) in [5.41, 5.74) is 1.98. The summed E-state index contributed by atoms with van der Waals surface area (Å²) in [5, 5.41) is 15.5. The van der Waals surface area contributed by atoms with Crippen molar-refractivity contribution in [3.8, 4) is 17.3 Å². The number of imidazole rings is 1. The Kier molecular flexibility index (Phi) is 3.20. The van der Waals surface area contributed by atoms with Crippen molar-refractivity contribution < 1.29 is 0 Å². The maximum absolute atomic E-state index is 9.40. The van der Waals surface area contributed by atoms with Crippen LogP contribution < -0.4 is 0 Å². The Morgan fingerprint density at radius 1 is 1.30 bits per heavy atom. The van der Waals surface area contributed by atoms with E-state index in [1.165, 1.54) is 11.3 Å². The van der Waals surface area contributed by atoms with Gasteiger partial charge in [0.2, 0.25) is 4.96 Å². The first-order chi connectivity index (χ1) is 9.60. The van der Waals surface area contributed by atoms with Gasteiger partial charge in [0, 0.05) is 16.5 Å². The first-order valence-electron chi connectivity index (χ1n) is 6.15. The van der Waals surface area contributed by atoms with Gasteiger partial charge in [-0.3, -0.25) is 0 Å². The van der Waals surface area contributed by atoms with E-state index in [0.29, 0.717) is 22.3 Å². The van der Waals surface area contributed by atoms with E-state index in [-0.39, 0.29) is 0 Å². The fraction of sp³-hybridized carbons (Fsp3) is 0.214. The summed E-state index contributed by atoms with van der Waals surface area (Å²) in [4.78, 5) is 5.29. The van der Waals surface area contributed by atoms with Crippen molar-refractivity contribution in [3.05, 3.63) is 40.0 Å². The normalized spacial score (nSPS) is 11.2. The van der Waals surface area contributed by atoms with Crippen LogP contribution in [0.15, 0.2) is 24.3 Å². The average Bonchev–Trinajstić information content (AvgIpc) is 2.96. The minimum absolute atomic E-state index is 0.326. The van der Waals surface area contributed by atoms with Crippen LogP contribution >= 0.6 is 22.9 Å². The van der Waals surface area contributed by atoms with Crippen LogP contribution in [0.1, 0.15) is 30.5 Å². The summed E-state index contributed by atoms with van der Waals surface area (Å²) in [6.45, 7) is 4.15. The molecule has 2 aromatic heterocycles. The van der Waals surface area contributed by atoms with Crippen LogP contribution in [-0.4, -0.2) is 14.6 Å². The van der Waals surface area contributed by atoms with E-state index in [9.17, 15) is 5.26 Å². The van der Waals surface area contributed by atoms with Gasteiger partial charge >= 0.3 is 0 Å². The zero-order valence-corrected chi connectivity index (χ0v) is 12.5. The Labute approximate surface area is 125 Å². The predicted molar refractivity (Wildman–Crippen MR) is 80.1 cm³/mol. The van der Waals surface area contributed by atoms with E-state index in [1.54, 1.807) is 16.6 Å². The quantitative estimate of drug-likeness (QED) is 0.716. The topological polar surface area (TPSA) is 54.0 Å². The van der Waals surface area contributed by atoms with Gasteiger partial charge < -0.3 is 0 Å². The molecule has 3 rings (SSSR count). The summed E-state index contributed by atoms with van der Waals surface area (Å²) in [7, 11) is 0. The zero-order valence-electron chi connectivity index (χ0n) is 11.0. The first kappa shape index (κ1) is 13.1. The van der Waals surface area contributed by atoms with Crippen LogP contribution in [0.5, 0.6) is 0 Å². The number of hydrogen-bond acceptors (Lipinski definition) is 4. The van der Waals surface area contributed by atoms with Crippen molar-refractivity contribution in [2.45, 2.75) is 19.8 Å². The molecule has 0 radical (unpaired) electrons. The monoisotopic (exact) mass is 302 g/mol. The maximum atomic E-state index is 9.40. The molecule has 1 aromatic carbocycles. The molecule has 0 N–H and O–H groups in total. The predicted octanol–water partition coefficient (Wildman–Crippen LogP) is 4.11. The molecule has 3 aromatic rings. The molecular weight excluding hydrogens is 292 g/mol. The molecule has 20 heavy (non-hydrogen) atoms. The number of halogens is 1. The lowest BCUT2D eigenvalue weighted by Gasteiger charge is -1.98. The van der Waals surface area contributed by atoms with Crippen LogP contribution in [0.3, 0.4) is 0 Å². The highest BCUT2D eigenvalue weighted by Crippen LogP contribution is 2.29. The van der Waals surface area contributed by atoms with Crippen LogP contribution in [0, 0.1) is 11.3 Å². The molecule has 0 aliphatic carbocycles. The number of nitrogens with zero attached hydrogens (tertiary/aromatic N) is 4. The number of aromatic nitrogens is 3. The lowest BCUT2D eigenvalue weighted by molar-refractivity contribution is 0.798. The van der Waals surface area contributed by atoms with Gasteiger partial charge in [-0.2, -0.15) is 14.9 Å². The van der Waals surface area contributed by atoms with Gasteiger partial charge in [0.15, 0.2) is 5.69 Å². The fourth-order valence-electron chi connectivity index (χ4n) is 1.91. The molecule has 4 nitrogen and oxygen atoms in total. The summed E-state index contributed by atoms with van der Waals surface area (Å²) >= 11 is 7.40. The number of rotatable bonds is 2.